The van der Waals surface area contributed by atoms with Crippen molar-refractivity contribution >= 4 is 11.9 Å². The molecular formula is C18H37N5O. The van der Waals surface area contributed by atoms with Crippen LogP contribution in [-0.4, -0.2) is 61.6 Å². The number of guanidine groups is 1. The fraction of sp³-hybridized carbons (Fsp3) is 0.889. The number of amides is 1. The van der Waals surface area contributed by atoms with E-state index in [4.69, 9.17) is 0 Å². The van der Waals surface area contributed by atoms with Gasteiger partial charge in [0, 0.05) is 38.1 Å². The van der Waals surface area contributed by atoms with Crippen LogP contribution in [0.1, 0.15) is 59.8 Å². The third-order valence-electron chi connectivity index (χ3n) is 4.44. The minimum atomic E-state index is 0.0804. The van der Waals surface area contributed by atoms with Crippen LogP contribution in [0.3, 0.4) is 0 Å². The molecule has 0 radical (unpaired) electrons. The average Bonchev–Trinajstić information content (AvgIpc) is 2.57. The van der Waals surface area contributed by atoms with E-state index in [1.165, 1.54) is 13.0 Å². The molecule has 1 saturated heterocycles. The van der Waals surface area contributed by atoms with Crippen molar-refractivity contribution in [1.29, 1.82) is 0 Å². The Bertz CT molecular complexity index is 378. The smallest absolute Gasteiger partial charge is 0.222 e. The standard InChI is InChI=1S/C18H37N5O/c1-5-12-23-13-9-16(10-14-23)22-18(19-7-3)20-11-8-17(24)21-15(4)6-2/h15-16H,5-14H2,1-4H3,(H,21,24)(H2,19,20,22). The Morgan fingerprint density at radius 3 is 2.54 bits per heavy atom. The normalized spacial score (nSPS) is 18.2. The molecule has 6 nitrogen and oxygen atoms in total. The first-order chi connectivity index (χ1) is 11.6. The molecule has 0 aromatic heterocycles. The van der Waals surface area contributed by atoms with Gasteiger partial charge in [-0.1, -0.05) is 13.8 Å². The molecule has 1 rings (SSSR count). The lowest BCUT2D eigenvalue weighted by Gasteiger charge is -2.32. The lowest BCUT2D eigenvalue weighted by molar-refractivity contribution is -0.121. The Morgan fingerprint density at radius 1 is 1.25 bits per heavy atom. The number of aliphatic imine (C=N–C) groups is 1. The topological polar surface area (TPSA) is 68.8 Å². The highest BCUT2D eigenvalue weighted by atomic mass is 16.1. The number of hydrogen-bond donors (Lipinski definition) is 3. The molecular weight excluding hydrogens is 302 g/mol. The zero-order valence-corrected chi connectivity index (χ0v) is 16.0. The van der Waals surface area contributed by atoms with E-state index in [0.717, 1.165) is 44.9 Å². The van der Waals surface area contributed by atoms with Gasteiger partial charge in [0.25, 0.3) is 0 Å². The predicted molar refractivity (Wildman–Crippen MR) is 101 cm³/mol. The number of nitrogens with one attached hydrogen (secondary N) is 3. The Balaban J connectivity index is 2.36. The van der Waals surface area contributed by atoms with Gasteiger partial charge < -0.3 is 20.9 Å². The number of nitrogens with zero attached hydrogens (tertiary/aromatic N) is 2. The number of piperidine rings is 1. The summed E-state index contributed by atoms with van der Waals surface area (Å²) >= 11 is 0. The summed E-state index contributed by atoms with van der Waals surface area (Å²) in [6, 6.07) is 0.714. The second kappa shape index (κ2) is 12.1. The van der Waals surface area contributed by atoms with Crippen molar-refractivity contribution in [3.05, 3.63) is 0 Å². The highest BCUT2D eigenvalue weighted by molar-refractivity contribution is 5.81. The summed E-state index contributed by atoms with van der Waals surface area (Å²) in [4.78, 5) is 18.9. The fourth-order valence-corrected chi connectivity index (χ4v) is 2.85. The number of carbonyl (C=O) groups excluding carboxylic acids is 1. The van der Waals surface area contributed by atoms with E-state index >= 15 is 0 Å². The van der Waals surface area contributed by atoms with Crippen LogP contribution in [0.4, 0.5) is 0 Å². The van der Waals surface area contributed by atoms with Crippen molar-refractivity contribution in [3.63, 3.8) is 0 Å². The highest BCUT2D eigenvalue weighted by Crippen LogP contribution is 2.10. The second-order valence-corrected chi connectivity index (χ2v) is 6.65. The van der Waals surface area contributed by atoms with Gasteiger partial charge in [0.05, 0.1) is 6.54 Å². The minimum absolute atomic E-state index is 0.0804. The zero-order chi connectivity index (χ0) is 17.8. The first kappa shape index (κ1) is 20.7. The predicted octanol–water partition coefficient (Wildman–Crippen LogP) is 1.72. The van der Waals surface area contributed by atoms with Crippen LogP contribution in [-0.2, 0) is 4.79 Å². The van der Waals surface area contributed by atoms with Gasteiger partial charge in [-0.15, -0.1) is 0 Å². The third kappa shape index (κ3) is 8.52. The molecule has 24 heavy (non-hydrogen) atoms. The van der Waals surface area contributed by atoms with Gasteiger partial charge in [-0.05, 0) is 46.1 Å². The van der Waals surface area contributed by atoms with Crippen molar-refractivity contribution in [2.24, 2.45) is 4.99 Å². The molecule has 6 heteroatoms. The molecule has 1 aliphatic rings. The SMILES string of the molecule is CCCN1CCC(NC(=NCCC(=O)NC(C)CC)NCC)CC1. The average molecular weight is 340 g/mol. The highest BCUT2D eigenvalue weighted by Gasteiger charge is 2.19. The molecule has 3 N–H and O–H groups in total. The molecule has 0 aliphatic carbocycles. The van der Waals surface area contributed by atoms with E-state index in [0.29, 0.717) is 19.0 Å². The number of rotatable bonds is 9. The van der Waals surface area contributed by atoms with Gasteiger partial charge in [-0.25, -0.2) is 0 Å². The van der Waals surface area contributed by atoms with E-state index in [-0.39, 0.29) is 11.9 Å². The molecule has 140 valence electrons. The summed E-state index contributed by atoms with van der Waals surface area (Å²) in [7, 11) is 0. The summed E-state index contributed by atoms with van der Waals surface area (Å²) in [5.74, 6) is 0.916. The Morgan fingerprint density at radius 2 is 1.96 bits per heavy atom. The van der Waals surface area contributed by atoms with Crippen LogP contribution in [0.5, 0.6) is 0 Å². The quantitative estimate of drug-likeness (QED) is 0.442. The molecule has 0 aromatic carbocycles. The van der Waals surface area contributed by atoms with Gasteiger partial charge >= 0.3 is 0 Å². The summed E-state index contributed by atoms with van der Waals surface area (Å²) in [5.41, 5.74) is 0. The zero-order valence-electron chi connectivity index (χ0n) is 16.0. The van der Waals surface area contributed by atoms with Crippen LogP contribution < -0.4 is 16.0 Å². The van der Waals surface area contributed by atoms with Gasteiger partial charge in [-0.2, -0.15) is 0 Å². The number of likely N-dealkylation sites (tertiary alicyclic amines) is 1. The lowest BCUT2D eigenvalue weighted by atomic mass is 10.1. The van der Waals surface area contributed by atoms with Crippen molar-refractivity contribution in [1.82, 2.24) is 20.9 Å². The van der Waals surface area contributed by atoms with Crippen molar-refractivity contribution in [2.45, 2.75) is 71.9 Å². The largest absolute Gasteiger partial charge is 0.357 e. The molecule has 1 heterocycles. The fourth-order valence-electron chi connectivity index (χ4n) is 2.85. The molecule has 1 amide bonds. The minimum Gasteiger partial charge on any atom is -0.357 e. The third-order valence-corrected chi connectivity index (χ3v) is 4.44. The first-order valence-corrected chi connectivity index (χ1v) is 9.65. The molecule has 1 unspecified atom stereocenters. The first-order valence-electron chi connectivity index (χ1n) is 9.65. The van der Waals surface area contributed by atoms with Crippen molar-refractivity contribution in [2.75, 3.05) is 32.7 Å². The van der Waals surface area contributed by atoms with Gasteiger partial charge in [0.1, 0.15) is 0 Å². The lowest BCUT2D eigenvalue weighted by Crippen LogP contribution is -2.48. The molecule has 0 spiro atoms. The Kier molecular flexibility index (Phi) is 10.5. The second-order valence-electron chi connectivity index (χ2n) is 6.65. The summed E-state index contributed by atoms with van der Waals surface area (Å²) < 4.78 is 0. The van der Waals surface area contributed by atoms with Gasteiger partial charge in [0.2, 0.25) is 5.91 Å². The molecule has 1 fully saturated rings. The monoisotopic (exact) mass is 339 g/mol. The molecule has 0 aromatic rings. The van der Waals surface area contributed by atoms with E-state index in [1.807, 2.05) is 6.92 Å². The Labute approximate surface area is 147 Å². The van der Waals surface area contributed by atoms with E-state index < -0.39 is 0 Å². The Hall–Kier alpha value is -1.30. The number of carbonyl (C=O) groups is 1. The van der Waals surface area contributed by atoms with Crippen LogP contribution in [0.15, 0.2) is 4.99 Å². The van der Waals surface area contributed by atoms with E-state index in [9.17, 15) is 4.79 Å². The summed E-state index contributed by atoms with van der Waals surface area (Å²) in [5, 5.41) is 9.79. The number of hydrogen-bond acceptors (Lipinski definition) is 3. The van der Waals surface area contributed by atoms with Crippen LogP contribution in [0, 0.1) is 0 Å². The summed E-state index contributed by atoms with van der Waals surface area (Å²) in [6.45, 7) is 13.3. The molecule has 1 atom stereocenters. The van der Waals surface area contributed by atoms with Crippen LogP contribution in [0.25, 0.3) is 0 Å². The van der Waals surface area contributed by atoms with Crippen LogP contribution >= 0.6 is 0 Å². The van der Waals surface area contributed by atoms with E-state index in [2.05, 4.69) is 46.6 Å². The molecule has 0 bridgehead atoms. The van der Waals surface area contributed by atoms with Crippen LogP contribution in [0.2, 0.25) is 0 Å². The maximum Gasteiger partial charge on any atom is 0.222 e. The van der Waals surface area contributed by atoms with Crippen molar-refractivity contribution in [3.8, 4) is 0 Å². The van der Waals surface area contributed by atoms with E-state index in [1.54, 1.807) is 0 Å². The molecule has 0 saturated carbocycles. The van der Waals surface area contributed by atoms with Gasteiger partial charge in [-0.3, -0.25) is 9.79 Å². The molecule has 1 aliphatic heterocycles. The summed E-state index contributed by atoms with van der Waals surface area (Å²) in [6.07, 6.45) is 4.92. The van der Waals surface area contributed by atoms with Crippen molar-refractivity contribution < 1.29 is 4.79 Å². The maximum atomic E-state index is 11.8. The van der Waals surface area contributed by atoms with Gasteiger partial charge in [0.15, 0.2) is 5.96 Å². The maximum absolute atomic E-state index is 11.8.